The first kappa shape index (κ1) is 18.3. The second kappa shape index (κ2) is 7.14. The Labute approximate surface area is 160 Å². The fourth-order valence-corrected chi connectivity index (χ4v) is 3.86. The maximum absolute atomic E-state index is 13.7. The summed E-state index contributed by atoms with van der Waals surface area (Å²) >= 11 is 0. The molecule has 2 aromatic rings. The second-order valence-electron chi connectivity index (χ2n) is 7.11. The van der Waals surface area contributed by atoms with Crippen LogP contribution in [0.1, 0.15) is 63.2 Å². The SMILES string of the molecule is O=C(Nc1cc(F)ccc1F)c1ccc2c(c1)C(=O)N(C1CCCCC1)C2=O. The second-order valence-corrected chi connectivity index (χ2v) is 7.11. The largest absolute Gasteiger partial charge is 0.319 e. The van der Waals surface area contributed by atoms with Crippen LogP contribution in [-0.2, 0) is 0 Å². The molecule has 3 amide bonds. The number of fused-ring (bicyclic) bond motifs is 1. The Bertz CT molecular complexity index is 984. The van der Waals surface area contributed by atoms with Crippen LogP contribution in [-0.4, -0.2) is 28.7 Å². The maximum atomic E-state index is 13.7. The summed E-state index contributed by atoms with van der Waals surface area (Å²) in [5.41, 5.74) is 0.234. The van der Waals surface area contributed by atoms with Gasteiger partial charge >= 0.3 is 0 Å². The average Bonchev–Trinajstić information content (AvgIpc) is 2.95. The Morgan fingerprint density at radius 1 is 0.929 bits per heavy atom. The number of nitrogens with zero attached hydrogens (tertiary/aromatic N) is 1. The molecule has 0 aromatic heterocycles. The van der Waals surface area contributed by atoms with E-state index in [0.29, 0.717) is 0 Å². The maximum Gasteiger partial charge on any atom is 0.261 e. The normalized spacial score (nSPS) is 17.0. The lowest BCUT2D eigenvalue weighted by molar-refractivity contribution is 0.0549. The molecule has 1 fully saturated rings. The zero-order chi connectivity index (χ0) is 19.8. The standard InChI is InChI=1S/C21H18F2N2O3/c22-13-7-9-17(23)18(11-13)24-19(26)12-6-8-15-16(10-12)21(28)25(20(15)27)14-4-2-1-3-5-14/h6-11,14H,1-5H2,(H,24,26). The number of hydrogen-bond donors (Lipinski definition) is 1. The van der Waals surface area contributed by atoms with Gasteiger partial charge in [0.05, 0.1) is 16.8 Å². The number of benzene rings is 2. The smallest absolute Gasteiger partial charge is 0.261 e. The van der Waals surface area contributed by atoms with Gasteiger partial charge < -0.3 is 5.32 Å². The molecule has 1 saturated carbocycles. The summed E-state index contributed by atoms with van der Waals surface area (Å²) in [4.78, 5) is 39.2. The zero-order valence-electron chi connectivity index (χ0n) is 15.0. The molecule has 0 atom stereocenters. The van der Waals surface area contributed by atoms with E-state index in [1.165, 1.54) is 23.1 Å². The molecule has 1 aliphatic carbocycles. The van der Waals surface area contributed by atoms with Gasteiger partial charge in [-0.05, 0) is 43.2 Å². The predicted molar refractivity (Wildman–Crippen MR) is 98.1 cm³/mol. The van der Waals surface area contributed by atoms with Crippen LogP contribution in [0.4, 0.5) is 14.5 Å². The minimum Gasteiger partial charge on any atom is -0.319 e. The fourth-order valence-electron chi connectivity index (χ4n) is 3.86. The third kappa shape index (κ3) is 3.17. The number of rotatable bonds is 3. The van der Waals surface area contributed by atoms with Gasteiger partial charge in [0.25, 0.3) is 17.7 Å². The van der Waals surface area contributed by atoms with Gasteiger partial charge in [-0.3, -0.25) is 19.3 Å². The first-order valence-electron chi connectivity index (χ1n) is 9.24. The molecule has 28 heavy (non-hydrogen) atoms. The van der Waals surface area contributed by atoms with Crippen molar-refractivity contribution in [2.24, 2.45) is 0 Å². The fraction of sp³-hybridized carbons (Fsp3) is 0.286. The molecule has 5 nitrogen and oxygen atoms in total. The summed E-state index contributed by atoms with van der Waals surface area (Å²) in [5, 5.41) is 2.30. The van der Waals surface area contributed by atoms with Crippen LogP contribution in [0.2, 0.25) is 0 Å². The van der Waals surface area contributed by atoms with Crippen molar-refractivity contribution in [1.29, 1.82) is 0 Å². The van der Waals surface area contributed by atoms with Crippen molar-refractivity contribution in [3.8, 4) is 0 Å². The minimum atomic E-state index is -0.773. The highest BCUT2D eigenvalue weighted by Crippen LogP contribution is 2.31. The highest BCUT2D eigenvalue weighted by atomic mass is 19.1. The molecule has 1 heterocycles. The molecular formula is C21H18F2N2O3. The molecule has 1 aliphatic heterocycles. The summed E-state index contributed by atoms with van der Waals surface area (Å²) in [5.74, 6) is -2.89. The number of carbonyl (C=O) groups is 3. The lowest BCUT2D eigenvalue weighted by Crippen LogP contribution is -2.40. The highest BCUT2D eigenvalue weighted by Gasteiger charge is 2.40. The number of hydrogen-bond acceptors (Lipinski definition) is 3. The van der Waals surface area contributed by atoms with Crippen LogP contribution in [0.25, 0.3) is 0 Å². The van der Waals surface area contributed by atoms with Crippen molar-refractivity contribution >= 4 is 23.4 Å². The molecule has 2 aliphatic rings. The van der Waals surface area contributed by atoms with E-state index < -0.39 is 23.4 Å². The van der Waals surface area contributed by atoms with Crippen LogP contribution in [0.5, 0.6) is 0 Å². The van der Waals surface area contributed by atoms with Gasteiger partial charge in [0.1, 0.15) is 11.6 Å². The van der Waals surface area contributed by atoms with Crippen molar-refractivity contribution in [2.75, 3.05) is 5.32 Å². The van der Waals surface area contributed by atoms with Crippen LogP contribution < -0.4 is 5.32 Å². The monoisotopic (exact) mass is 384 g/mol. The van der Waals surface area contributed by atoms with Crippen LogP contribution in [0.3, 0.4) is 0 Å². The van der Waals surface area contributed by atoms with Gasteiger partial charge in [-0.15, -0.1) is 0 Å². The molecule has 7 heteroatoms. The Hall–Kier alpha value is -3.09. The zero-order valence-corrected chi connectivity index (χ0v) is 15.0. The van der Waals surface area contributed by atoms with Crippen molar-refractivity contribution in [3.05, 3.63) is 64.7 Å². The van der Waals surface area contributed by atoms with E-state index >= 15 is 0 Å². The minimum absolute atomic E-state index is 0.0917. The average molecular weight is 384 g/mol. The number of nitrogens with one attached hydrogen (secondary N) is 1. The number of anilines is 1. The Balaban J connectivity index is 1.59. The Kier molecular flexibility index (Phi) is 4.66. The topological polar surface area (TPSA) is 66.5 Å². The molecule has 4 rings (SSSR count). The van der Waals surface area contributed by atoms with Gasteiger partial charge in [-0.1, -0.05) is 19.3 Å². The molecule has 0 bridgehead atoms. The summed E-state index contributed by atoms with van der Waals surface area (Å²) in [6.45, 7) is 0. The number of carbonyl (C=O) groups excluding carboxylic acids is 3. The van der Waals surface area contributed by atoms with Crippen LogP contribution >= 0.6 is 0 Å². The Morgan fingerprint density at radius 3 is 2.39 bits per heavy atom. The molecule has 2 aromatic carbocycles. The molecule has 0 spiro atoms. The first-order chi connectivity index (χ1) is 13.5. The molecule has 0 saturated heterocycles. The van der Waals surface area contributed by atoms with E-state index in [0.717, 1.165) is 50.3 Å². The molecular weight excluding hydrogens is 366 g/mol. The quantitative estimate of drug-likeness (QED) is 0.809. The van der Waals surface area contributed by atoms with E-state index in [1.54, 1.807) is 0 Å². The summed E-state index contributed by atoms with van der Waals surface area (Å²) in [7, 11) is 0. The summed E-state index contributed by atoms with van der Waals surface area (Å²) < 4.78 is 27.0. The summed E-state index contributed by atoms with van der Waals surface area (Å²) in [6, 6.07) is 6.81. The highest BCUT2D eigenvalue weighted by molar-refractivity contribution is 6.22. The van der Waals surface area contributed by atoms with Crippen LogP contribution in [0.15, 0.2) is 36.4 Å². The van der Waals surface area contributed by atoms with Gasteiger partial charge in [-0.25, -0.2) is 8.78 Å². The van der Waals surface area contributed by atoms with Crippen molar-refractivity contribution in [1.82, 2.24) is 4.90 Å². The van der Waals surface area contributed by atoms with E-state index in [1.807, 2.05) is 0 Å². The molecule has 0 unspecified atom stereocenters. The van der Waals surface area contributed by atoms with Crippen molar-refractivity contribution in [2.45, 2.75) is 38.1 Å². The van der Waals surface area contributed by atoms with Crippen molar-refractivity contribution < 1.29 is 23.2 Å². The van der Waals surface area contributed by atoms with Gasteiger partial charge in [-0.2, -0.15) is 0 Å². The third-order valence-electron chi connectivity index (χ3n) is 5.30. The lowest BCUT2D eigenvalue weighted by Gasteiger charge is -2.29. The van der Waals surface area contributed by atoms with Gasteiger partial charge in [0, 0.05) is 17.7 Å². The van der Waals surface area contributed by atoms with E-state index in [4.69, 9.17) is 0 Å². The van der Waals surface area contributed by atoms with E-state index in [9.17, 15) is 23.2 Å². The summed E-state index contributed by atoms with van der Waals surface area (Å²) in [6.07, 6.45) is 4.63. The van der Waals surface area contributed by atoms with Gasteiger partial charge in [0.15, 0.2) is 0 Å². The number of imide groups is 1. The number of halogens is 2. The molecule has 144 valence electrons. The van der Waals surface area contributed by atoms with E-state index in [2.05, 4.69) is 5.32 Å². The number of amides is 3. The molecule has 0 radical (unpaired) electrons. The van der Waals surface area contributed by atoms with Crippen LogP contribution in [0, 0.1) is 11.6 Å². The third-order valence-corrected chi connectivity index (χ3v) is 5.30. The lowest BCUT2D eigenvalue weighted by atomic mass is 9.94. The first-order valence-corrected chi connectivity index (χ1v) is 9.24. The Morgan fingerprint density at radius 2 is 1.64 bits per heavy atom. The predicted octanol–water partition coefficient (Wildman–Crippen LogP) is 4.15. The van der Waals surface area contributed by atoms with Crippen molar-refractivity contribution in [3.63, 3.8) is 0 Å². The molecule has 1 N–H and O–H groups in total. The van der Waals surface area contributed by atoms with Gasteiger partial charge in [0.2, 0.25) is 0 Å². The van der Waals surface area contributed by atoms with E-state index in [-0.39, 0.29) is 34.3 Å².